The van der Waals surface area contributed by atoms with Gasteiger partial charge in [0.1, 0.15) is 0 Å². The summed E-state index contributed by atoms with van der Waals surface area (Å²) in [5.41, 5.74) is 1.71. The van der Waals surface area contributed by atoms with Crippen molar-refractivity contribution in [1.29, 1.82) is 0 Å². The molecule has 9 heteroatoms. The fourth-order valence-electron chi connectivity index (χ4n) is 4.05. The number of aryl methyl sites for hydroxylation is 1. The third-order valence-electron chi connectivity index (χ3n) is 6.15. The molecule has 1 amide bonds. The molecule has 32 heavy (non-hydrogen) atoms. The molecule has 0 radical (unpaired) electrons. The average Bonchev–Trinajstić information content (AvgIpc) is 3.45. The molecule has 1 unspecified atom stereocenters. The first-order chi connectivity index (χ1) is 15.3. The molecule has 0 aliphatic carbocycles. The van der Waals surface area contributed by atoms with Gasteiger partial charge >= 0.3 is 5.76 Å². The molecule has 170 valence electrons. The lowest BCUT2D eigenvalue weighted by atomic mass is 10.1. The monoisotopic (exact) mass is 457 g/mol. The Morgan fingerprint density at radius 1 is 1.12 bits per heavy atom. The summed E-state index contributed by atoms with van der Waals surface area (Å²) >= 11 is 0. The second-order valence-electron chi connectivity index (χ2n) is 8.10. The molecule has 0 bridgehead atoms. The molecule has 1 aliphatic rings. The standard InChI is InChI=1S/C23H27N3O5S/c1-17(18-8-4-3-5-9-18)24(2)22(27)12-15-26-20-11-10-19(16-21(20)31-23(26)28)32(29,30)25-13-6-7-14-25/h3-5,8-11,16-17H,6-7,12-15H2,1-2H3. The van der Waals surface area contributed by atoms with Crippen LogP contribution in [0.3, 0.4) is 0 Å². The topological polar surface area (TPSA) is 92.8 Å². The molecule has 1 fully saturated rings. The van der Waals surface area contributed by atoms with Crippen molar-refractivity contribution in [2.24, 2.45) is 0 Å². The Kier molecular flexibility index (Phi) is 6.21. The Labute approximate surface area is 187 Å². The number of hydrogen-bond acceptors (Lipinski definition) is 5. The largest absolute Gasteiger partial charge is 0.419 e. The van der Waals surface area contributed by atoms with E-state index in [1.807, 2.05) is 37.3 Å². The van der Waals surface area contributed by atoms with E-state index in [1.165, 1.54) is 21.0 Å². The predicted octanol–water partition coefficient (Wildman–Crippen LogP) is 2.99. The van der Waals surface area contributed by atoms with Gasteiger partial charge in [0.15, 0.2) is 5.58 Å². The number of benzene rings is 2. The SMILES string of the molecule is CC(c1ccccc1)N(C)C(=O)CCn1c(=O)oc2cc(S(=O)(=O)N3CCCC3)ccc21. The molecule has 1 saturated heterocycles. The zero-order valence-electron chi connectivity index (χ0n) is 18.2. The first-order valence-corrected chi connectivity index (χ1v) is 12.2. The van der Waals surface area contributed by atoms with Crippen molar-refractivity contribution in [3.8, 4) is 0 Å². The van der Waals surface area contributed by atoms with E-state index in [1.54, 1.807) is 18.0 Å². The van der Waals surface area contributed by atoms with E-state index in [-0.39, 0.29) is 35.4 Å². The van der Waals surface area contributed by atoms with E-state index < -0.39 is 15.8 Å². The van der Waals surface area contributed by atoms with Crippen molar-refractivity contribution in [1.82, 2.24) is 13.8 Å². The third kappa shape index (κ3) is 4.22. The van der Waals surface area contributed by atoms with Gasteiger partial charge in [0.05, 0.1) is 16.5 Å². The molecule has 2 aromatic carbocycles. The number of rotatable bonds is 7. The Bertz CT molecular complexity index is 1270. The Morgan fingerprint density at radius 3 is 2.50 bits per heavy atom. The highest BCUT2D eigenvalue weighted by Crippen LogP contribution is 2.25. The molecule has 1 atom stereocenters. The second-order valence-corrected chi connectivity index (χ2v) is 10.0. The Hall–Kier alpha value is -2.91. The number of hydrogen-bond donors (Lipinski definition) is 0. The molecule has 0 spiro atoms. The third-order valence-corrected chi connectivity index (χ3v) is 8.04. The minimum Gasteiger partial charge on any atom is -0.408 e. The van der Waals surface area contributed by atoms with Gasteiger partial charge in [0.25, 0.3) is 0 Å². The lowest BCUT2D eigenvalue weighted by Crippen LogP contribution is -2.31. The normalized spacial score (nSPS) is 15.8. The van der Waals surface area contributed by atoms with Gasteiger partial charge < -0.3 is 9.32 Å². The number of oxazole rings is 1. The first kappa shape index (κ1) is 22.3. The van der Waals surface area contributed by atoms with Crippen LogP contribution >= 0.6 is 0 Å². The lowest BCUT2D eigenvalue weighted by molar-refractivity contribution is -0.132. The van der Waals surface area contributed by atoms with Crippen LogP contribution in [-0.4, -0.2) is 48.2 Å². The highest BCUT2D eigenvalue weighted by Gasteiger charge is 2.28. The van der Waals surface area contributed by atoms with Gasteiger partial charge in [-0.2, -0.15) is 4.31 Å². The highest BCUT2D eigenvalue weighted by atomic mass is 32.2. The highest BCUT2D eigenvalue weighted by molar-refractivity contribution is 7.89. The van der Waals surface area contributed by atoms with Gasteiger partial charge in [-0.05, 0) is 37.5 Å². The quantitative estimate of drug-likeness (QED) is 0.544. The van der Waals surface area contributed by atoms with E-state index in [9.17, 15) is 18.0 Å². The van der Waals surface area contributed by atoms with Gasteiger partial charge in [0, 0.05) is 39.2 Å². The van der Waals surface area contributed by atoms with Crippen LogP contribution in [0.2, 0.25) is 0 Å². The van der Waals surface area contributed by atoms with E-state index in [0.717, 1.165) is 18.4 Å². The zero-order chi connectivity index (χ0) is 22.9. The summed E-state index contributed by atoms with van der Waals surface area (Å²) in [5.74, 6) is -0.710. The summed E-state index contributed by atoms with van der Waals surface area (Å²) in [4.78, 5) is 26.9. The van der Waals surface area contributed by atoms with Crippen LogP contribution in [0.4, 0.5) is 0 Å². The number of amides is 1. The summed E-state index contributed by atoms with van der Waals surface area (Å²) in [7, 11) is -1.86. The van der Waals surface area contributed by atoms with Crippen LogP contribution in [0.1, 0.15) is 37.8 Å². The van der Waals surface area contributed by atoms with Gasteiger partial charge in [-0.15, -0.1) is 0 Å². The van der Waals surface area contributed by atoms with Gasteiger partial charge in [0.2, 0.25) is 15.9 Å². The van der Waals surface area contributed by atoms with Crippen LogP contribution in [0.25, 0.3) is 11.1 Å². The number of nitrogens with zero attached hydrogens (tertiary/aromatic N) is 3. The van der Waals surface area contributed by atoms with Crippen molar-refractivity contribution >= 4 is 27.0 Å². The molecule has 1 aliphatic heterocycles. The molecule has 3 aromatic rings. The zero-order valence-corrected chi connectivity index (χ0v) is 19.0. The molecular weight excluding hydrogens is 430 g/mol. The summed E-state index contributed by atoms with van der Waals surface area (Å²) in [5, 5.41) is 0. The van der Waals surface area contributed by atoms with Crippen molar-refractivity contribution in [2.75, 3.05) is 20.1 Å². The maximum Gasteiger partial charge on any atom is 0.419 e. The van der Waals surface area contributed by atoms with Gasteiger partial charge in [-0.25, -0.2) is 13.2 Å². The average molecular weight is 458 g/mol. The van der Waals surface area contributed by atoms with Crippen molar-refractivity contribution in [3.05, 3.63) is 64.6 Å². The van der Waals surface area contributed by atoms with E-state index in [2.05, 4.69) is 0 Å². The minimum absolute atomic E-state index is 0.0973. The minimum atomic E-state index is -3.61. The van der Waals surface area contributed by atoms with Crippen LogP contribution in [0, 0.1) is 0 Å². The van der Waals surface area contributed by atoms with E-state index >= 15 is 0 Å². The smallest absolute Gasteiger partial charge is 0.408 e. The molecule has 0 saturated carbocycles. The van der Waals surface area contributed by atoms with Crippen LogP contribution in [0.15, 0.2) is 62.6 Å². The summed E-state index contributed by atoms with van der Waals surface area (Å²) < 4.78 is 33.7. The summed E-state index contributed by atoms with van der Waals surface area (Å²) in [6.07, 6.45) is 1.81. The van der Waals surface area contributed by atoms with Crippen molar-refractivity contribution in [2.45, 2.75) is 43.7 Å². The Morgan fingerprint density at radius 2 is 1.81 bits per heavy atom. The number of aromatic nitrogens is 1. The molecule has 0 N–H and O–H groups in total. The molecular formula is C23H27N3O5S. The van der Waals surface area contributed by atoms with Crippen LogP contribution < -0.4 is 5.76 Å². The number of sulfonamides is 1. The predicted molar refractivity (Wildman–Crippen MR) is 121 cm³/mol. The summed E-state index contributed by atoms with van der Waals surface area (Å²) in [6.45, 7) is 3.11. The van der Waals surface area contributed by atoms with Crippen LogP contribution in [0.5, 0.6) is 0 Å². The van der Waals surface area contributed by atoms with Crippen molar-refractivity contribution < 1.29 is 17.6 Å². The lowest BCUT2D eigenvalue weighted by Gasteiger charge is -2.25. The molecule has 8 nitrogen and oxygen atoms in total. The number of carbonyl (C=O) groups is 1. The summed E-state index contributed by atoms with van der Waals surface area (Å²) in [6, 6.07) is 14.1. The van der Waals surface area contributed by atoms with Gasteiger partial charge in [-0.3, -0.25) is 9.36 Å². The van der Waals surface area contributed by atoms with E-state index in [4.69, 9.17) is 4.42 Å². The van der Waals surface area contributed by atoms with Gasteiger partial charge in [-0.1, -0.05) is 30.3 Å². The van der Waals surface area contributed by atoms with E-state index in [0.29, 0.717) is 18.6 Å². The van der Waals surface area contributed by atoms with Crippen molar-refractivity contribution in [3.63, 3.8) is 0 Å². The number of fused-ring (bicyclic) bond motifs is 1. The second kappa shape index (κ2) is 8.91. The molecule has 1 aromatic heterocycles. The maximum absolute atomic E-state index is 12.8. The number of carbonyl (C=O) groups excluding carboxylic acids is 1. The fraction of sp³-hybridized carbons (Fsp3) is 0.391. The molecule has 2 heterocycles. The fourth-order valence-corrected chi connectivity index (χ4v) is 5.58. The Balaban J connectivity index is 1.50. The van der Waals surface area contributed by atoms with Crippen LogP contribution in [-0.2, 0) is 21.4 Å². The maximum atomic E-state index is 12.8. The molecule has 4 rings (SSSR count). The first-order valence-electron chi connectivity index (χ1n) is 10.7.